The van der Waals surface area contributed by atoms with Gasteiger partial charge < -0.3 is 65.1 Å². The summed E-state index contributed by atoms with van der Waals surface area (Å²) < 4.78 is 22.8. The highest BCUT2D eigenvalue weighted by molar-refractivity contribution is 5.76. The number of unbranched alkanes of at least 4 members (excludes halogenated alkanes) is 23. The second-order valence-corrected chi connectivity index (χ2v) is 21.5. The smallest absolute Gasteiger partial charge is 0.220 e. The fourth-order valence-corrected chi connectivity index (χ4v) is 9.77. The number of hydrogen-bond acceptors (Lipinski definition) is 13. The second kappa shape index (κ2) is 48.2. The first kappa shape index (κ1) is 70.5. The molecule has 2 fully saturated rings. The molecular formula is C63H111NO13. The highest BCUT2D eigenvalue weighted by Gasteiger charge is 2.51. The van der Waals surface area contributed by atoms with Gasteiger partial charge in [0.1, 0.15) is 48.8 Å². The van der Waals surface area contributed by atoms with Gasteiger partial charge in [-0.2, -0.15) is 0 Å². The van der Waals surface area contributed by atoms with Crippen molar-refractivity contribution >= 4 is 5.91 Å². The van der Waals surface area contributed by atoms with E-state index < -0.39 is 86.8 Å². The molecule has 9 N–H and O–H groups in total. The molecule has 2 aliphatic heterocycles. The van der Waals surface area contributed by atoms with Crippen LogP contribution in [0.15, 0.2) is 72.9 Å². The van der Waals surface area contributed by atoms with Crippen LogP contribution >= 0.6 is 0 Å². The van der Waals surface area contributed by atoms with Crippen molar-refractivity contribution in [3.63, 3.8) is 0 Å². The summed E-state index contributed by atoms with van der Waals surface area (Å²) >= 11 is 0. The molecular weight excluding hydrogens is 979 g/mol. The van der Waals surface area contributed by atoms with Crippen molar-refractivity contribution in [3.05, 3.63) is 72.9 Å². The van der Waals surface area contributed by atoms with Crippen LogP contribution in [0, 0.1) is 0 Å². The third-order valence-corrected chi connectivity index (χ3v) is 14.7. The molecule has 12 unspecified atom stereocenters. The van der Waals surface area contributed by atoms with Gasteiger partial charge in [0.2, 0.25) is 5.91 Å². The molecule has 2 heterocycles. The van der Waals surface area contributed by atoms with Crippen LogP contribution in [-0.4, -0.2) is 140 Å². The molecule has 14 heteroatoms. The van der Waals surface area contributed by atoms with E-state index in [0.29, 0.717) is 12.8 Å². The number of ether oxygens (including phenoxy) is 4. The molecule has 0 spiro atoms. The standard InChI is InChI=1S/C63H111NO13/c1-3-5-7-9-11-13-15-17-19-21-23-25-27-28-30-32-34-36-38-40-42-44-46-52(67)51(50-74-62-60(73)58(71)61(54(49-66)76-62)77-63-59(72)57(70)56(69)53(48-65)75-63)64-55(68)47-45-43-41-39-37-35-33-31-29-26-24-22-20-18-16-14-12-10-8-6-4-2/h6,8,12,14,18,20,24,26,31,33,37,39,51-54,56-63,65-67,69-73H,3-5,7,9-11,13,15-17,19,21-23,25,27-30,32,34-36,38,40-50H2,1-2H3,(H,64,68)/b8-6-,14-12-,20-18-,26-24-,33-31-,39-37-. The van der Waals surface area contributed by atoms with Gasteiger partial charge in [0.25, 0.3) is 0 Å². The molecule has 446 valence electrons. The zero-order valence-electron chi connectivity index (χ0n) is 47.9. The van der Waals surface area contributed by atoms with Gasteiger partial charge in [0, 0.05) is 6.42 Å². The van der Waals surface area contributed by atoms with E-state index in [2.05, 4.69) is 92.1 Å². The molecule has 1 amide bonds. The number of nitrogens with one attached hydrogen (secondary N) is 1. The third kappa shape index (κ3) is 33.7. The van der Waals surface area contributed by atoms with Gasteiger partial charge in [0.05, 0.1) is 32.0 Å². The number of aliphatic hydroxyl groups excluding tert-OH is 8. The lowest BCUT2D eigenvalue weighted by Crippen LogP contribution is -2.65. The number of carbonyl (C=O) groups excluding carboxylic acids is 1. The normalized spacial score (nSPS) is 25.2. The quantitative estimate of drug-likeness (QED) is 0.0204. The first-order valence-corrected chi connectivity index (χ1v) is 30.7. The lowest BCUT2D eigenvalue weighted by molar-refractivity contribution is -0.359. The Hall–Kier alpha value is -2.57. The van der Waals surface area contributed by atoms with Gasteiger partial charge >= 0.3 is 0 Å². The van der Waals surface area contributed by atoms with E-state index in [0.717, 1.165) is 77.0 Å². The Morgan fingerprint density at radius 3 is 1.35 bits per heavy atom. The maximum atomic E-state index is 13.3. The number of rotatable bonds is 48. The fraction of sp³-hybridized carbons (Fsp3) is 0.794. The summed E-state index contributed by atoms with van der Waals surface area (Å²) in [7, 11) is 0. The minimum Gasteiger partial charge on any atom is -0.394 e. The van der Waals surface area contributed by atoms with Crippen molar-refractivity contribution in [2.24, 2.45) is 0 Å². The van der Waals surface area contributed by atoms with Gasteiger partial charge in [0.15, 0.2) is 12.6 Å². The number of hydrogen-bond donors (Lipinski definition) is 9. The van der Waals surface area contributed by atoms with Crippen LogP contribution < -0.4 is 5.32 Å². The zero-order chi connectivity index (χ0) is 56.0. The Balaban J connectivity index is 1.77. The first-order valence-electron chi connectivity index (χ1n) is 30.7. The Morgan fingerprint density at radius 1 is 0.481 bits per heavy atom. The Morgan fingerprint density at radius 2 is 0.896 bits per heavy atom. The highest BCUT2D eigenvalue weighted by atomic mass is 16.7. The summed E-state index contributed by atoms with van der Waals surface area (Å²) in [6.45, 7) is 2.73. The molecule has 0 saturated carbocycles. The Labute approximate surface area is 466 Å². The minimum absolute atomic E-state index is 0.246. The second-order valence-electron chi connectivity index (χ2n) is 21.5. The number of allylic oxidation sites excluding steroid dienone is 12. The molecule has 0 aromatic rings. The first-order chi connectivity index (χ1) is 37.6. The summed E-state index contributed by atoms with van der Waals surface area (Å²) in [5.41, 5.74) is 0. The van der Waals surface area contributed by atoms with Crippen molar-refractivity contribution < 1.29 is 64.6 Å². The maximum Gasteiger partial charge on any atom is 0.220 e. The predicted molar refractivity (Wildman–Crippen MR) is 309 cm³/mol. The summed E-state index contributed by atoms with van der Waals surface area (Å²) in [5.74, 6) is -0.249. The molecule has 14 nitrogen and oxygen atoms in total. The van der Waals surface area contributed by atoms with Crippen molar-refractivity contribution in [1.29, 1.82) is 0 Å². The van der Waals surface area contributed by atoms with Crippen LogP contribution in [0.5, 0.6) is 0 Å². The average Bonchev–Trinajstić information content (AvgIpc) is 3.44. The molecule has 0 aliphatic carbocycles. The average molecular weight is 1090 g/mol. The molecule has 0 bridgehead atoms. The van der Waals surface area contributed by atoms with Gasteiger partial charge in [-0.05, 0) is 64.2 Å². The van der Waals surface area contributed by atoms with E-state index in [1.807, 2.05) is 0 Å². The van der Waals surface area contributed by atoms with Crippen molar-refractivity contribution in [2.45, 2.75) is 299 Å². The highest BCUT2D eigenvalue weighted by Crippen LogP contribution is 2.30. The van der Waals surface area contributed by atoms with Crippen molar-refractivity contribution in [2.75, 3.05) is 19.8 Å². The van der Waals surface area contributed by atoms with E-state index in [-0.39, 0.29) is 18.9 Å². The van der Waals surface area contributed by atoms with Crippen LogP contribution in [0.3, 0.4) is 0 Å². The minimum atomic E-state index is -1.79. The fourth-order valence-electron chi connectivity index (χ4n) is 9.77. The van der Waals surface area contributed by atoms with E-state index in [4.69, 9.17) is 18.9 Å². The van der Waals surface area contributed by atoms with Gasteiger partial charge in [-0.25, -0.2) is 0 Å². The van der Waals surface area contributed by atoms with E-state index in [1.54, 1.807) is 0 Å². The summed E-state index contributed by atoms with van der Waals surface area (Å²) in [6.07, 6.45) is 46.1. The van der Waals surface area contributed by atoms with Crippen LogP contribution in [-0.2, 0) is 23.7 Å². The lowest BCUT2D eigenvalue weighted by Gasteiger charge is -2.46. The van der Waals surface area contributed by atoms with E-state index in [1.165, 1.54) is 116 Å². The Kier molecular flexibility index (Phi) is 44.1. The molecule has 2 saturated heterocycles. The third-order valence-electron chi connectivity index (χ3n) is 14.7. The van der Waals surface area contributed by atoms with E-state index in [9.17, 15) is 45.6 Å². The maximum absolute atomic E-state index is 13.3. The van der Waals surface area contributed by atoms with Gasteiger partial charge in [-0.1, -0.05) is 228 Å². The summed E-state index contributed by atoms with van der Waals surface area (Å²) in [4.78, 5) is 13.3. The molecule has 0 aromatic heterocycles. The Bertz CT molecular complexity index is 1570. The van der Waals surface area contributed by atoms with Crippen LogP contribution in [0.1, 0.15) is 226 Å². The SMILES string of the molecule is CC/C=C\C/C=C\C/C=C\C/C=C\C/C=C\C/C=C\CCCCC(=O)NC(COC1OC(CO)C(OC2OC(CO)C(O)C(O)C2O)C(O)C1O)C(O)CCCCCCCCCCCCCCCCCCCCCCCC. The van der Waals surface area contributed by atoms with Gasteiger partial charge in [-0.3, -0.25) is 4.79 Å². The topological polar surface area (TPSA) is 228 Å². The van der Waals surface area contributed by atoms with Crippen LogP contribution in [0.2, 0.25) is 0 Å². The number of carbonyl (C=O) groups is 1. The van der Waals surface area contributed by atoms with E-state index >= 15 is 0 Å². The van der Waals surface area contributed by atoms with Gasteiger partial charge in [-0.15, -0.1) is 0 Å². The summed E-state index contributed by atoms with van der Waals surface area (Å²) in [6, 6.07) is -0.857. The van der Waals surface area contributed by atoms with Crippen molar-refractivity contribution in [3.8, 4) is 0 Å². The largest absolute Gasteiger partial charge is 0.394 e. The number of aliphatic hydroxyl groups is 8. The molecule has 0 aromatic carbocycles. The van der Waals surface area contributed by atoms with Crippen LogP contribution in [0.25, 0.3) is 0 Å². The van der Waals surface area contributed by atoms with Crippen molar-refractivity contribution in [1.82, 2.24) is 5.32 Å². The zero-order valence-corrected chi connectivity index (χ0v) is 47.9. The molecule has 12 atom stereocenters. The van der Waals surface area contributed by atoms with Crippen LogP contribution in [0.4, 0.5) is 0 Å². The molecule has 0 radical (unpaired) electrons. The molecule has 2 aliphatic rings. The summed E-state index contributed by atoms with van der Waals surface area (Å²) in [5, 5.41) is 87.3. The number of amides is 1. The molecule has 77 heavy (non-hydrogen) atoms. The monoisotopic (exact) mass is 1090 g/mol. The lowest BCUT2D eigenvalue weighted by atomic mass is 9.97. The predicted octanol–water partition coefficient (Wildman–Crippen LogP) is 10.7. The molecule has 2 rings (SSSR count).